The van der Waals surface area contributed by atoms with Crippen LogP contribution in [0.25, 0.3) is 11.8 Å². The Morgan fingerprint density at radius 3 is 2.56 bits per heavy atom. The molecule has 0 fully saturated rings. The van der Waals surface area contributed by atoms with Crippen LogP contribution in [0.15, 0.2) is 65.3 Å². The number of carbonyl (C=O) groups excluding carboxylic acids is 1. The summed E-state index contributed by atoms with van der Waals surface area (Å²) < 4.78 is 5.05. The van der Waals surface area contributed by atoms with Gasteiger partial charge in [0.1, 0.15) is 11.5 Å². The first-order valence-corrected chi connectivity index (χ1v) is 5.47. The lowest BCUT2D eigenvalue weighted by atomic mass is 10.1. The summed E-state index contributed by atoms with van der Waals surface area (Å²) in [4.78, 5) is 11.6. The second kappa shape index (κ2) is 5.68. The molecule has 3 nitrogen and oxygen atoms in total. The number of benzene rings is 1. The highest BCUT2D eigenvalue weighted by Gasteiger charge is 2.00. The fourth-order valence-electron chi connectivity index (χ4n) is 1.43. The molecule has 0 saturated carbocycles. The van der Waals surface area contributed by atoms with Gasteiger partial charge in [-0.25, -0.2) is 0 Å². The molecule has 0 radical (unpaired) electrons. The predicted octanol–water partition coefficient (Wildman–Crippen LogP) is 3.46. The lowest BCUT2D eigenvalue weighted by Gasteiger charge is -1.97. The number of furan rings is 1. The smallest absolute Gasteiger partial charge is 0.182 e. The fourth-order valence-corrected chi connectivity index (χ4v) is 1.43. The maximum atomic E-state index is 11.6. The predicted molar refractivity (Wildman–Crippen MR) is 69.8 cm³/mol. The van der Waals surface area contributed by atoms with Gasteiger partial charge in [-0.3, -0.25) is 4.79 Å². The number of aliphatic hydroxyl groups excluding tert-OH is 1. The summed E-state index contributed by atoms with van der Waals surface area (Å²) in [5.41, 5.74) is 0.609. The van der Waals surface area contributed by atoms with Crippen LogP contribution in [0.4, 0.5) is 0 Å². The zero-order valence-electron chi connectivity index (χ0n) is 9.61. The Bertz CT molecular complexity index is 563. The number of carbonyl (C=O) groups is 1. The average molecular weight is 240 g/mol. The van der Waals surface area contributed by atoms with Crippen LogP contribution < -0.4 is 0 Å². The Kier molecular flexibility index (Phi) is 3.76. The average Bonchev–Trinajstić information content (AvgIpc) is 2.90. The molecule has 0 saturated heterocycles. The molecule has 0 aliphatic heterocycles. The van der Waals surface area contributed by atoms with Crippen LogP contribution >= 0.6 is 0 Å². The maximum Gasteiger partial charge on any atom is 0.182 e. The highest BCUT2D eigenvalue weighted by Crippen LogP contribution is 2.10. The van der Waals surface area contributed by atoms with Crippen LogP contribution in [0, 0.1) is 0 Å². The standard InChI is InChI=1S/C15H12O3/c16-13(8-9-14-7-4-10-18-14)11-15(17)12-5-2-1-3-6-12/h1-11,17H/b9-8+,15-11?. The van der Waals surface area contributed by atoms with Gasteiger partial charge in [0.05, 0.1) is 6.26 Å². The molecule has 18 heavy (non-hydrogen) atoms. The van der Waals surface area contributed by atoms with Gasteiger partial charge in [0.15, 0.2) is 5.78 Å². The van der Waals surface area contributed by atoms with Crippen molar-refractivity contribution < 1.29 is 14.3 Å². The summed E-state index contributed by atoms with van der Waals surface area (Å²) in [5.74, 6) is 0.244. The van der Waals surface area contributed by atoms with Crippen molar-refractivity contribution >= 4 is 17.6 Å². The minimum Gasteiger partial charge on any atom is -0.507 e. The van der Waals surface area contributed by atoms with Gasteiger partial charge in [0.25, 0.3) is 0 Å². The Balaban J connectivity index is 2.07. The molecule has 1 aromatic carbocycles. The summed E-state index contributed by atoms with van der Waals surface area (Å²) in [5, 5.41) is 9.73. The SMILES string of the molecule is O=C(C=C(O)c1ccccc1)/C=C/c1ccco1. The van der Waals surface area contributed by atoms with Gasteiger partial charge >= 0.3 is 0 Å². The highest BCUT2D eigenvalue weighted by atomic mass is 16.3. The number of rotatable bonds is 4. The lowest BCUT2D eigenvalue weighted by Crippen LogP contribution is -1.90. The van der Waals surface area contributed by atoms with E-state index in [1.54, 1.807) is 42.5 Å². The third-order valence-electron chi connectivity index (χ3n) is 2.30. The van der Waals surface area contributed by atoms with E-state index in [-0.39, 0.29) is 11.5 Å². The Labute approximate surface area is 105 Å². The molecule has 0 spiro atoms. The molecule has 0 aliphatic rings. The van der Waals surface area contributed by atoms with Crippen molar-refractivity contribution in [2.75, 3.05) is 0 Å². The molecular weight excluding hydrogens is 228 g/mol. The van der Waals surface area contributed by atoms with Gasteiger partial charge in [0.2, 0.25) is 0 Å². The van der Waals surface area contributed by atoms with E-state index in [1.807, 2.05) is 6.07 Å². The summed E-state index contributed by atoms with van der Waals surface area (Å²) >= 11 is 0. The second-order valence-electron chi connectivity index (χ2n) is 3.65. The number of allylic oxidation sites excluding steroid dienone is 2. The monoisotopic (exact) mass is 240 g/mol. The van der Waals surface area contributed by atoms with E-state index >= 15 is 0 Å². The summed E-state index contributed by atoms with van der Waals surface area (Å²) in [6.45, 7) is 0. The number of ketones is 1. The molecule has 0 unspecified atom stereocenters. The van der Waals surface area contributed by atoms with E-state index in [1.165, 1.54) is 18.4 Å². The van der Waals surface area contributed by atoms with E-state index in [0.29, 0.717) is 11.3 Å². The Morgan fingerprint density at radius 2 is 1.89 bits per heavy atom. The zero-order valence-corrected chi connectivity index (χ0v) is 9.61. The van der Waals surface area contributed by atoms with Crippen molar-refractivity contribution in [2.24, 2.45) is 0 Å². The van der Waals surface area contributed by atoms with Crippen LogP contribution in [0.1, 0.15) is 11.3 Å². The van der Waals surface area contributed by atoms with E-state index in [0.717, 1.165) is 0 Å². The van der Waals surface area contributed by atoms with E-state index in [4.69, 9.17) is 4.42 Å². The first-order chi connectivity index (χ1) is 8.75. The lowest BCUT2D eigenvalue weighted by molar-refractivity contribution is -0.110. The van der Waals surface area contributed by atoms with Gasteiger partial charge in [-0.15, -0.1) is 0 Å². The Morgan fingerprint density at radius 1 is 1.11 bits per heavy atom. The van der Waals surface area contributed by atoms with E-state index in [9.17, 15) is 9.90 Å². The first kappa shape index (κ1) is 11.9. The van der Waals surface area contributed by atoms with Crippen molar-refractivity contribution in [3.8, 4) is 0 Å². The van der Waals surface area contributed by atoms with Gasteiger partial charge in [-0.2, -0.15) is 0 Å². The molecule has 3 heteroatoms. The summed E-state index contributed by atoms with van der Waals surface area (Å²) in [7, 11) is 0. The van der Waals surface area contributed by atoms with E-state index in [2.05, 4.69) is 0 Å². The van der Waals surface area contributed by atoms with Crippen molar-refractivity contribution in [1.29, 1.82) is 0 Å². The van der Waals surface area contributed by atoms with Gasteiger partial charge in [0, 0.05) is 11.6 Å². The van der Waals surface area contributed by atoms with Crippen LogP contribution in [-0.2, 0) is 4.79 Å². The van der Waals surface area contributed by atoms with Gasteiger partial charge < -0.3 is 9.52 Å². The van der Waals surface area contributed by atoms with Crippen LogP contribution in [0.3, 0.4) is 0 Å². The molecular formula is C15H12O3. The highest BCUT2D eigenvalue weighted by molar-refractivity contribution is 6.05. The minimum atomic E-state index is -0.298. The van der Waals surface area contributed by atoms with Crippen molar-refractivity contribution in [3.63, 3.8) is 0 Å². The molecule has 2 aromatic rings. The van der Waals surface area contributed by atoms with Gasteiger partial charge in [-0.05, 0) is 24.3 Å². The maximum absolute atomic E-state index is 11.6. The minimum absolute atomic E-state index is 0.0512. The molecule has 0 atom stereocenters. The number of aliphatic hydroxyl groups is 1. The van der Waals surface area contributed by atoms with Crippen molar-refractivity contribution in [1.82, 2.24) is 0 Å². The topological polar surface area (TPSA) is 50.4 Å². The normalized spacial score (nSPS) is 11.9. The largest absolute Gasteiger partial charge is 0.507 e. The van der Waals surface area contributed by atoms with Crippen molar-refractivity contribution in [2.45, 2.75) is 0 Å². The molecule has 0 amide bonds. The molecule has 0 aliphatic carbocycles. The third-order valence-corrected chi connectivity index (χ3v) is 2.30. The molecule has 1 aromatic heterocycles. The third kappa shape index (κ3) is 3.22. The van der Waals surface area contributed by atoms with Crippen LogP contribution in [0.2, 0.25) is 0 Å². The molecule has 0 bridgehead atoms. The Hall–Kier alpha value is -2.55. The van der Waals surface area contributed by atoms with Gasteiger partial charge in [-0.1, -0.05) is 30.3 Å². The number of hydrogen-bond acceptors (Lipinski definition) is 3. The summed E-state index contributed by atoms with van der Waals surface area (Å²) in [6.07, 6.45) is 5.60. The first-order valence-electron chi connectivity index (χ1n) is 5.47. The van der Waals surface area contributed by atoms with Crippen LogP contribution in [0.5, 0.6) is 0 Å². The zero-order chi connectivity index (χ0) is 12.8. The quantitative estimate of drug-likeness (QED) is 0.657. The molecule has 2 rings (SSSR count). The molecule has 90 valence electrons. The number of hydrogen-bond donors (Lipinski definition) is 1. The fraction of sp³-hybridized carbons (Fsp3) is 0. The summed E-state index contributed by atoms with van der Waals surface area (Å²) in [6, 6.07) is 12.4. The van der Waals surface area contributed by atoms with Crippen molar-refractivity contribution in [3.05, 3.63) is 72.2 Å². The van der Waals surface area contributed by atoms with E-state index < -0.39 is 0 Å². The molecule has 1 heterocycles. The second-order valence-corrected chi connectivity index (χ2v) is 3.65. The van der Waals surface area contributed by atoms with Crippen LogP contribution in [-0.4, -0.2) is 10.9 Å². The molecule has 1 N–H and O–H groups in total.